The van der Waals surface area contributed by atoms with Crippen LogP contribution in [0, 0.1) is 0 Å². The number of rotatable bonds is 4. The van der Waals surface area contributed by atoms with E-state index < -0.39 is 6.03 Å². The summed E-state index contributed by atoms with van der Waals surface area (Å²) in [5.74, 6) is -0.357. The quantitative estimate of drug-likeness (QED) is 0.581. The van der Waals surface area contributed by atoms with E-state index >= 15 is 0 Å². The molecule has 0 atom stereocenters. The van der Waals surface area contributed by atoms with E-state index in [9.17, 15) is 9.59 Å². The lowest BCUT2D eigenvalue weighted by molar-refractivity contribution is 0.0968. The molecule has 0 aliphatic carbocycles. The van der Waals surface area contributed by atoms with Crippen LogP contribution in [0.15, 0.2) is 54.8 Å². The molecule has 2 aromatic heterocycles. The highest BCUT2D eigenvalue weighted by Gasteiger charge is 2.19. The first-order valence-corrected chi connectivity index (χ1v) is 7.75. The number of primary amides is 1. The number of carbonyl (C=O) groups excluding carboxylic acids is 2. The van der Waals surface area contributed by atoms with Crippen molar-refractivity contribution in [1.29, 1.82) is 0 Å². The van der Waals surface area contributed by atoms with E-state index in [0.717, 1.165) is 10.4 Å². The molecule has 0 saturated heterocycles. The third-order valence-corrected chi connectivity index (χ3v) is 4.17. The summed E-state index contributed by atoms with van der Waals surface area (Å²) in [6, 6.07) is 0.951. The first-order chi connectivity index (χ1) is 11.6. The molecule has 3 amide bonds. The summed E-state index contributed by atoms with van der Waals surface area (Å²) in [7, 11) is 0. The second-order valence-electron chi connectivity index (χ2n) is 4.77. The van der Waals surface area contributed by atoms with Crippen LogP contribution in [0.4, 0.5) is 9.80 Å². The maximum Gasteiger partial charge on any atom is 0.317 e. The number of nitrogens with one attached hydrogen (secondary N) is 4. The van der Waals surface area contributed by atoms with Gasteiger partial charge in [0.1, 0.15) is 5.00 Å². The number of carbonyl (C=O) groups is 2. The lowest BCUT2D eigenvalue weighted by atomic mass is 10.2. The van der Waals surface area contributed by atoms with Crippen LogP contribution in [-0.4, -0.2) is 22.1 Å². The molecule has 0 aromatic carbocycles. The van der Waals surface area contributed by atoms with Crippen molar-refractivity contribution in [3.8, 4) is 10.4 Å². The number of H-pyrrole nitrogens is 1. The van der Waals surface area contributed by atoms with Crippen LogP contribution < -0.4 is 21.7 Å². The minimum atomic E-state index is -0.732. The van der Waals surface area contributed by atoms with Crippen LogP contribution >= 0.6 is 11.3 Å². The van der Waals surface area contributed by atoms with Gasteiger partial charge in [0.2, 0.25) is 0 Å². The molecule has 3 heterocycles. The second kappa shape index (κ2) is 6.84. The summed E-state index contributed by atoms with van der Waals surface area (Å²) in [5, 5.41) is 15.1. The summed E-state index contributed by atoms with van der Waals surface area (Å²) >= 11 is 1.24. The van der Waals surface area contributed by atoms with E-state index in [-0.39, 0.29) is 5.91 Å². The monoisotopic (exact) mass is 342 g/mol. The van der Waals surface area contributed by atoms with Gasteiger partial charge in [-0.2, -0.15) is 5.10 Å². The smallest absolute Gasteiger partial charge is 0.317 e. The maximum absolute atomic E-state index is 12.6. The van der Waals surface area contributed by atoms with E-state index in [2.05, 4.69) is 26.1 Å². The van der Waals surface area contributed by atoms with Crippen LogP contribution in [0.3, 0.4) is 0 Å². The Kier molecular flexibility index (Phi) is 4.43. The molecule has 2 aromatic rings. The zero-order valence-corrected chi connectivity index (χ0v) is 13.2. The number of anilines is 1. The standard InChI is InChI=1S/C15H14N6O2S/c16-15(23)21-14-11(5-12(24-14)9-6-18-19-7-9)13(22)20-10-3-1-2-4-17-8-10/h1-8,17H,(H,18,19)(H,20,22)(H3,16,21,23). The molecule has 122 valence electrons. The van der Waals surface area contributed by atoms with Gasteiger partial charge in [0, 0.05) is 29.0 Å². The van der Waals surface area contributed by atoms with Gasteiger partial charge in [0.05, 0.1) is 17.5 Å². The molecule has 9 heteroatoms. The lowest BCUT2D eigenvalue weighted by Gasteiger charge is -2.06. The van der Waals surface area contributed by atoms with E-state index in [4.69, 9.17) is 5.73 Å². The van der Waals surface area contributed by atoms with Gasteiger partial charge in [0.15, 0.2) is 0 Å². The Balaban J connectivity index is 1.88. The van der Waals surface area contributed by atoms with Gasteiger partial charge in [-0.05, 0) is 18.2 Å². The number of urea groups is 1. The Hall–Kier alpha value is -3.33. The predicted octanol–water partition coefficient (Wildman–Crippen LogP) is 1.87. The number of allylic oxidation sites excluding steroid dienone is 3. The lowest BCUT2D eigenvalue weighted by Crippen LogP contribution is -2.25. The van der Waals surface area contributed by atoms with Crippen LogP contribution in [0.5, 0.6) is 0 Å². The van der Waals surface area contributed by atoms with Crippen molar-refractivity contribution in [1.82, 2.24) is 20.8 Å². The number of nitrogens with two attached hydrogens (primary N) is 1. The van der Waals surface area contributed by atoms with Crippen LogP contribution in [0.2, 0.25) is 0 Å². The van der Waals surface area contributed by atoms with Crippen molar-refractivity contribution in [2.75, 3.05) is 5.32 Å². The fourth-order valence-electron chi connectivity index (χ4n) is 2.02. The first kappa shape index (κ1) is 15.6. The van der Waals surface area contributed by atoms with Gasteiger partial charge in [0.25, 0.3) is 5.91 Å². The van der Waals surface area contributed by atoms with Crippen LogP contribution in [-0.2, 0) is 0 Å². The molecule has 24 heavy (non-hydrogen) atoms. The number of aromatic amines is 1. The van der Waals surface area contributed by atoms with Crippen molar-refractivity contribution in [2.24, 2.45) is 5.73 Å². The molecule has 0 bridgehead atoms. The normalized spacial score (nSPS) is 12.9. The van der Waals surface area contributed by atoms with Gasteiger partial charge < -0.3 is 16.4 Å². The van der Waals surface area contributed by atoms with Gasteiger partial charge in [-0.1, -0.05) is 6.08 Å². The van der Waals surface area contributed by atoms with E-state index in [1.165, 1.54) is 11.3 Å². The number of thiophene rings is 1. The second-order valence-corrected chi connectivity index (χ2v) is 5.82. The average Bonchev–Trinajstić information content (AvgIpc) is 3.13. The third kappa shape index (κ3) is 3.52. The molecule has 8 nitrogen and oxygen atoms in total. The van der Waals surface area contributed by atoms with Gasteiger partial charge in [-0.3, -0.25) is 15.2 Å². The Labute approximate surface area is 141 Å². The Morgan fingerprint density at radius 2 is 2.12 bits per heavy atom. The zero-order valence-electron chi connectivity index (χ0n) is 12.4. The van der Waals surface area contributed by atoms with Crippen molar-refractivity contribution >= 4 is 28.3 Å². The van der Waals surface area contributed by atoms with Crippen LogP contribution in [0.25, 0.3) is 10.4 Å². The summed E-state index contributed by atoms with van der Waals surface area (Å²) in [4.78, 5) is 24.5. The van der Waals surface area contributed by atoms with Crippen molar-refractivity contribution in [3.63, 3.8) is 0 Å². The molecule has 1 aliphatic rings. The van der Waals surface area contributed by atoms with E-state index in [1.54, 1.807) is 49.1 Å². The van der Waals surface area contributed by atoms with Gasteiger partial charge >= 0.3 is 6.03 Å². The average molecular weight is 342 g/mol. The molecule has 0 unspecified atom stereocenters. The highest BCUT2D eigenvalue weighted by atomic mass is 32.1. The third-order valence-electron chi connectivity index (χ3n) is 3.07. The molecule has 0 spiro atoms. The first-order valence-electron chi connectivity index (χ1n) is 6.94. The van der Waals surface area contributed by atoms with Crippen molar-refractivity contribution in [3.05, 3.63) is 60.3 Å². The highest BCUT2D eigenvalue weighted by molar-refractivity contribution is 7.20. The SMILES string of the molecule is NC(=O)Nc1sc(-c2cn[nH]c2)cc1C(=O)NC1=CNC=CC=C1. The topological polar surface area (TPSA) is 125 Å². The minimum absolute atomic E-state index is 0.321. The Morgan fingerprint density at radius 1 is 1.25 bits per heavy atom. The number of amides is 3. The van der Waals surface area contributed by atoms with Crippen molar-refractivity contribution < 1.29 is 9.59 Å². The Bertz CT molecular complexity index is 847. The Morgan fingerprint density at radius 3 is 2.88 bits per heavy atom. The number of aromatic nitrogens is 2. The molecule has 6 N–H and O–H groups in total. The summed E-state index contributed by atoms with van der Waals surface area (Å²) in [6.45, 7) is 0. The molecule has 0 saturated carbocycles. The molecule has 0 radical (unpaired) electrons. The maximum atomic E-state index is 12.6. The van der Waals surface area contributed by atoms with Crippen LogP contribution in [0.1, 0.15) is 10.4 Å². The fraction of sp³-hybridized carbons (Fsp3) is 0. The largest absolute Gasteiger partial charge is 0.366 e. The predicted molar refractivity (Wildman–Crippen MR) is 92.1 cm³/mol. The minimum Gasteiger partial charge on any atom is -0.366 e. The summed E-state index contributed by atoms with van der Waals surface area (Å²) in [6.07, 6.45) is 12.1. The summed E-state index contributed by atoms with van der Waals surface area (Å²) in [5.41, 5.74) is 6.91. The fourth-order valence-corrected chi connectivity index (χ4v) is 3.06. The molecule has 0 fully saturated rings. The van der Waals surface area contributed by atoms with Gasteiger partial charge in [-0.15, -0.1) is 11.3 Å². The molecular weight excluding hydrogens is 328 g/mol. The molecule has 1 aliphatic heterocycles. The highest BCUT2D eigenvalue weighted by Crippen LogP contribution is 2.35. The van der Waals surface area contributed by atoms with Gasteiger partial charge in [-0.25, -0.2) is 4.79 Å². The molecular formula is C15H14N6O2S. The number of hydrogen-bond acceptors (Lipinski definition) is 5. The number of nitrogens with zero attached hydrogens (tertiary/aromatic N) is 1. The van der Waals surface area contributed by atoms with E-state index in [0.29, 0.717) is 16.3 Å². The molecule has 3 rings (SSSR count). The van der Waals surface area contributed by atoms with E-state index in [1.807, 2.05) is 0 Å². The zero-order chi connectivity index (χ0) is 16.9. The van der Waals surface area contributed by atoms with Crippen molar-refractivity contribution in [2.45, 2.75) is 0 Å². The summed E-state index contributed by atoms with van der Waals surface area (Å²) < 4.78 is 0. The number of hydrogen-bond donors (Lipinski definition) is 5.